The molecule has 2 aliphatic heterocycles. The van der Waals surface area contributed by atoms with Crippen molar-refractivity contribution in [2.45, 2.75) is 37.8 Å². The number of benzene rings is 1. The van der Waals surface area contributed by atoms with Gasteiger partial charge >= 0.3 is 0 Å². The van der Waals surface area contributed by atoms with Gasteiger partial charge in [-0.2, -0.15) is 0 Å². The Labute approximate surface area is 132 Å². The zero-order valence-corrected chi connectivity index (χ0v) is 13.2. The highest BCUT2D eigenvalue weighted by Gasteiger charge is 2.27. The van der Waals surface area contributed by atoms with Gasteiger partial charge in [0.05, 0.1) is 13.2 Å². The maximum absolute atomic E-state index is 12.2. The Morgan fingerprint density at radius 2 is 2.27 bits per heavy atom. The summed E-state index contributed by atoms with van der Waals surface area (Å²) in [6, 6.07) is 8.37. The van der Waals surface area contributed by atoms with E-state index < -0.39 is 0 Å². The number of anilines is 1. The molecule has 2 aliphatic rings. The molecule has 2 fully saturated rings. The van der Waals surface area contributed by atoms with Crippen molar-refractivity contribution in [2.24, 2.45) is 0 Å². The second kappa shape index (κ2) is 7.01. The quantitative estimate of drug-likeness (QED) is 0.886. The van der Waals surface area contributed by atoms with Crippen LogP contribution in [0.15, 0.2) is 24.3 Å². The summed E-state index contributed by atoms with van der Waals surface area (Å²) < 4.78 is 5.30. The summed E-state index contributed by atoms with van der Waals surface area (Å²) in [5, 5.41) is 6.48. The van der Waals surface area contributed by atoms with Crippen LogP contribution in [0.2, 0.25) is 0 Å². The molecule has 1 aromatic rings. The number of ether oxygens (including phenoxy) is 1. The van der Waals surface area contributed by atoms with Crippen LogP contribution in [0.25, 0.3) is 0 Å². The zero-order chi connectivity index (χ0) is 15.4. The van der Waals surface area contributed by atoms with Gasteiger partial charge in [0.2, 0.25) is 5.91 Å². The average molecular weight is 303 g/mol. The lowest BCUT2D eigenvalue weighted by Gasteiger charge is -2.35. The molecule has 0 spiro atoms. The van der Waals surface area contributed by atoms with Crippen LogP contribution in [0, 0.1) is 0 Å². The number of piperidine rings is 1. The molecule has 0 aromatic heterocycles. The fourth-order valence-electron chi connectivity index (χ4n) is 3.35. The third-order valence-corrected chi connectivity index (χ3v) is 4.56. The summed E-state index contributed by atoms with van der Waals surface area (Å²) in [6.45, 7) is 2.85. The molecule has 1 amide bonds. The lowest BCUT2D eigenvalue weighted by atomic mass is 10.0. The van der Waals surface area contributed by atoms with Crippen molar-refractivity contribution < 1.29 is 9.53 Å². The fourth-order valence-corrected chi connectivity index (χ4v) is 3.35. The van der Waals surface area contributed by atoms with Gasteiger partial charge in [-0.25, -0.2) is 0 Å². The molecule has 3 rings (SSSR count). The number of carbonyl (C=O) groups is 1. The third-order valence-electron chi connectivity index (χ3n) is 4.56. The molecule has 2 heterocycles. The van der Waals surface area contributed by atoms with E-state index in [-0.39, 0.29) is 18.0 Å². The van der Waals surface area contributed by atoms with E-state index in [0.717, 1.165) is 56.8 Å². The normalized spacial score (nSPS) is 25.0. The topological polar surface area (TPSA) is 53.6 Å². The van der Waals surface area contributed by atoms with Crippen molar-refractivity contribution in [3.05, 3.63) is 24.3 Å². The third kappa shape index (κ3) is 3.53. The molecular formula is C17H25N3O2. The van der Waals surface area contributed by atoms with Gasteiger partial charge in [-0.3, -0.25) is 4.79 Å². The molecule has 0 aliphatic carbocycles. The van der Waals surface area contributed by atoms with E-state index in [0.29, 0.717) is 0 Å². The average Bonchev–Trinajstić information content (AvgIpc) is 3.10. The van der Waals surface area contributed by atoms with Crippen molar-refractivity contribution in [2.75, 3.05) is 31.6 Å². The minimum absolute atomic E-state index is 0.00666. The van der Waals surface area contributed by atoms with Crippen LogP contribution in [-0.4, -0.2) is 44.7 Å². The van der Waals surface area contributed by atoms with Crippen LogP contribution in [0.3, 0.4) is 0 Å². The van der Waals surface area contributed by atoms with Crippen LogP contribution >= 0.6 is 0 Å². The first-order chi connectivity index (χ1) is 10.8. The summed E-state index contributed by atoms with van der Waals surface area (Å²) >= 11 is 0. The molecule has 0 saturated carbocycles. The molecule has 2 unspecified atom stereocenters. The predicted molar refractivity (Wildman–Crippen MR) is 87.4 cm³/mol. The molecule has 1 aromatic carbocycles. The van der Waals surface area contributed by atoms with Gasteiger partial charge < -0.3 is 20.3 Å². The van der Waals surface area contributed by atoms with Crippen LogP contribution in [0.5, 0.6) is 5.75 Å². The van der Waals surface area contributed by atoms with Crippen LogP contribution < -0.4 is 20.3 Å². The van der Waals surface area contributed by atoms with Crippen molar-refractivity contribution in [1.29, 1.82) is 0 Å². The fraction of sp³-hybridized carbons (Fsp3) is 0.588. The highest BCUT2D eigenvalue weighted by molar-refractivity contribution is 5.82. The SMILES string of the molecule is COc1cccc(N2CCCC(NC(=O)C3CCCN3)C2)c1. The lowest BCUT2D eigenvalue weighted by molar-refractivity contribution is -0.123. The smallest absolute Gasteiger partial charge is 0.237 e. The predicted octanol–water partition coefficient (Wildman–Crippen LogP) is 1.53. The molecule has 5 heteroatoms. The van der Waals surface area contributed by atoms with Crippen molar-refractivity contribution in [3.8, 4) is 5.75 Å². The monoisotopic (exact) mass is 303 g/mol. The van der Waals surface area contributed by atoms with Gasteiger partial charge in [-0.15, -0.1) is 0 Å². The van der Waals surface area contributed by atoms with E-state index in [1.807, 2.05) is 12.1 Å². The minimum Gasteiger partial charge on any atom is -0.497 e. The molecule has 0 bridgehead atoms. The van der Waals surface area contributed by atoms with E-state index >= 15 is 0 Å². The van der Waals surface area contributed by atoms with Gasteiger partial charge in [0.25, 0.3) is 0 Å². The number of nitrogens with zero attached hydrogens (tertiary/aromatic N) is 1. The van der Waals surface area contributed by atoms with E-state index in [4.69, 9.17) is 4.74 Å². The Morgan fingerprint density at radius 1 is 1.36 bits per heavy atom. The summed E-state index contributed by atoms with van der Waals surface area (Å²) in [7, 11) is 1.69. The van der Waals surface area contributed by atoms with Crippen LogP contribution in [-0.2, 0) is 4.79 Å². The molecule has 120 valence electrons. The number of methoxy groups -OCH3 is 1. The summed E-state index contributed by atoms with van der Waals surface area (Å²) in [5.41, 5.74) is 1.16. The van der Waals surface area contributed by atoms with Gasteiger partial charge in [0.15, 0.2) is 0 Å². The number of hydrogen-bond donors (Lipinski definition) is 2. The Bertz CT molecular complexity index is 514. The molecular weight excluding hydrogens is 278 g/mol. The molecule has 2 saturated heterocycles. The van der Waals surface area contributed by atoms with E-state index in [9.17, 15) is 4.79 Å². The number of rotatable bonds is 4. The van der Waals surface area contributed by atoms with Crippen LogP contribution in [0.1, 0.15) is 25.7 Å². The highest BCUT2D eigenvalue weighted by Crippen LogP contribution is 2.24. The van der Waals surface area contributed by atoms with E-state index in [1.54, 1.807) is 7.11 Å². The number of carbonyl (C=O) groups excluding carboxylic acids is 1. The number of amides is 1. The Morgan fingerprint density at radius 3 is 3.05 bits per heavy atom. The molecule has 2 atom stereocenters. The van der Waals surface area contributed by atoms with E-state index in [1.165, 1.54) is 0 Å². The zero-order valence-electron chi connectivity index (χ0n) is 13.2. The summed E-state index contributed by atoms with van der Waals surface area (Å²) in [6.07, 6.45) is 4.20. The van der Waals surface area contributed by atoms with Crippen LogP contribution in [0.4, 0.5) is 5.69 Å². The van der Waals surface area contributed by atoms with Crippen molar-refractivity contribution in [1.82, 2.24) is 10.6 Å². The lowest BCUT2D eigenvalue weighted by Crippen LogP contribution is -2.51. The standard InChI is InChI=1S/C17H25N3O2/c1-22-15-7-2-6-14(11-15)20-10-4-5-13(12-20)19-17(21)16-8-3-9-18-16/h2,6-7,11,13,16,18H,3-5,8-10,12H2,1H3,(H,19,21). The first kappa shape index (κ1) is 15.2. The Hall–Kier alpha value is -1.75. The van der Waals surface area contributed by atoms with Crippen molar-refractivity contribution in [3.63, 3.8) is 0 Å². The largest absolute Gasteiger partial charge is 0.497 e. The molecule has 0 radical (unpaired) electrons. The molecule has 22 heavy (non-hydrogen) atoms. The molecule has 5 nitrogen and oxygen atoms in total. The number of hydrogen-bond acceptors (Lipinski definition) is 4. The maximum atomic E-state index is 12.2. The van der Waals surface area contributed by atoms with Crippen molar-refractivity contribution >= 4 is 11.6 Å². The first-order valence-corrected chi connectivity index (χ1v) is 8.19. The van der Waals surface area contributed by atoms with E-state index in [2.05, 4.69) is 27.7 Å². The molecule has 2 N–H and O–H groups in total. The minimum atomic E-state index is 0.00666. The Kier molecular flexibility index (Phi) is 4.83. The second-order valence-corrected chi connectivity index (χ2v) is 6.14. The Balaban J connectivity index is 1.59. The summed E-state index contributed by atoms with van der Waals surface area (Å²) in [4.78, 5) is 14.6. The van der Waals surface area contributed by atoms with Gasteiger partial charge in [-0.1, -0.05) is 6.07 Å². The van der Waals surface area contributed by atoms with Gasteiger partial charge in [0.1, 0.15) is 5.75 Å². The maximum Gasteiger partial charge on any atom is 0.237 e. The number of nitrogens with one attached hydrogen (secondary N) is 2. The first-order valence-electron chi connectivity index (χ1n) is 8.19. The summed E-state index contributed by atoms with van der Waals surface area (Å²) in [5.74, 6) is 1.04. The van der Waals surface area contributed by atoms with Gasteiger partial charge in [0, 0.05) is 30.9 Å². The second-order valence-electron chi connectivity index (χ2n) is 6.14. The van der Waals surface area contributed by atoms with Gasteiger partial charge in [-0.05, 0) is 44.4 Å². The highest BCUT2D eigenvalue weighted by atomic mass is 16.5.